The highest BCUT2D eigenvalue weighted by molar-refractivity contribution is 9.09. The van der Waals surface area contributed by atoms with Gasteiger partial charge in [-0.15, -0.1) is 0 Å². The second-order valence-electron chi connectivity index (χ2n) is 3.87. The highest BCUT2D eigenvalue weighted by Gasteiger charge is 1.91. The van der Waals surface area contributed by atoms with Crippen molar-refractivity contribution >= 4 is 39.0 Å². The van der Waals surface area contributed by atoms with Gasteiger partial charge in [-0.25, -0.2) is 0 Å². The van der Waals surface area contributed by atoms with Gasteiger partial charge in [-0.1, -0.05) is 80.6 Å². The van der Waals surface area contributed by atoms with Crippen LogP contribution in [0.2, 0.25) is 0 Å². The molecule has 0 atom stereocenters. The summed E-state index contributed by atoms with van der Waals surface area (Å²) in [6.45, 7) is 2.28. The molecule has 14 heavy (non-hydrogen) atoms. The lowest BCUT2D eigenvalue weighted by Crippen LogP contribution is -1.81. The molecule has 0 bridgehead atoms. The first-order chi connectivity index (χ1) is 6.41. The Morgan fingerprint density at radius 3 is 1.36 bits per heavy atom. The molecule has 0 aliphatic heterocycles. The fourth-order valence-corrected chi connectivity index (χ4v) is 1.98. The van der Waals surface area contributed by atoms with Crippen molar-refractivity contribution in [3.63, 3.8) is 0 Å². The first-order valence-electron chi connectivity index (χ1n) is 5.97. The Balaban J connectivity index is 0. The lowest BCUT2D eigenvalue weighted by molar-refractivity contribution is 0.563. The lowest BCUT2D eigenvalue weighted by Gasteiger charge is -2.00. The third kappa shape index (κ3) is 15.7. The highest BCUT2D eigenvalue weighted by atomic mass is 79.9. The van der Waals surface area contributed by atoms with Crippen molar-refractivity contribution in [1.29, 1.82) is 0 Å². The molecule has 0 aromatic carbocycles. The molecule has 0 nitrogen and oxygen atoms in total. The van der Waals surface area contributed by atoms with E-state index in [9.17, 15) is 0 Å². The Bertz CT molecular complexity index is 76.4. The Hall–Kier alpha value is 1.25. The van der Waals surface area contributed by atoms with Crippen LogP contribution in [0.5, 0.6) is 0 Å². The molecule has 0 fully saturated rings. The summed E-state index contributed by atoms with van der Waals surface area (Å²) in [5.74, 6) is 0. The predicted molar refractivity (Wildman–Crippen MR) is 74.2 cm³/mol. The van der Waals surface area contributed by atoms with Gasteiger partial charge in [0.1, 0.15) is 0 Å². The van der Waals surface area contributed by atoms with Gasteiger partial charge >= 0.3 is 23.1 Å². The van der Waals surface area contributed by atoms with Crippen molar-refractivity contribution in [2.24, 2.45) is 0 Å². The first-order valence-corrected chi connectivity index (χ1v) is 7.10. The number of unbranched alkanes of at least 4 members (excludes halogenated alkanes) is 9. The second-order valence-corrected chi connectivity index (χ2v) is 4.66. The predicted octanol–water partition coefficient (Wildman–Crippen LogP) is 4.39. The number of hydrogen-bond donors (Lipinski definition) is 0. The molecule has 0 saturated carbocycles. The van der Waals surface area contributed by atoms with Gasteiger partial charge in [0, 0.05) is 5.33 Å². The number of hydrogen-bond acceptors (Lipinski definition) is 0. The van der Waals surface area contributed by atoms with E-state index in [0.717, 1.165) is 0 Å². The van der Waals surface area contributed by atoms with Crippen LogP contribution in [0.15, 0.2) is 0 Å². The minimum absolute atomic E-state index is 0. The average molecular weight is 276 g/mol. The molecule has 0 aliphatic carbocycles. The molecule has 0 amide bonds. The second kappa shape index (κ2) is 16.7. The lowest BCUT2D eigenvalue weighted by atomic mass is 10.1. The molecule has 0 aliphatic rings. The standard InChI is InChI=1S/C12H25Br.Mg.2H/c1-2-3-4-5-6-7-8-9-10-11-12-13;;;/h2-12H2,1H3;;;. The Morgan fingerprint density at radius 1 is 0.643 bits per heavy atom. The van der Waals surface area contributed by atoms with Crippen LogP contribution in [0.25, 0.3) is 0 Å². The summed E-state index contributed by atoms with van der Waals surface area (Å²) in [4.78, 5) is 0. The average Bonchev–Trinajstić information content (AvgIpc) is 2.16. The number of rotatable bonds is 10. The normalized spacial score (nSPS) is 9.86. The summed E-state index contributed by atoms with van der Waals surface area (Å²) in [5.41, 5.74) is 0. The zero-order chi connectivity index (χ0) is 9.78. The largest absolute Gasteiger partial charge is 0.316 e. The van der Waals surface area contributed by atoms with Crippen LogP contribution in [-0.2, 0) is 0 Å². The van der Waals surface area contributed by atoms with E-state index in [4.69, 9.17) is 0 Å². The first kappa shape index (κ1) is 17.6. The molecular formula is C12H27BrMg. The third-order valence-electron chi connectivity index (χ3n) is 2.49. The van der Waals surface area contributed by atoms with Gasteiger partial charge in [0.15, 0.2) is 0 Å². The molecule has 0 unspecified atom stereocenters. The topological polar surface area (TPSA) is 0 Å². The minimum Gasteiger partial charge on any atom is -0.0928 e. The van der Waals surface area contributed by atoms with Crippen LogP contribution in [0.4, 0.5) is 0 Å². The zero-order valence-corrected chi connectivity index (χ0v) is 10.7. The van der Waals surface area contributed by atoms with Crippen LogP contribution in [0.3, 0.4) is 0 Å². The van der Waals surface area contributed by atoms with E-state index in [-0.39, 0.29) is 23.1 Å². The summed E-state index contributed by atoms with van der Waals surface area (Å²) in [6.07, 6.45) is 14.3. The van der Waals surface area contributed by atoms with Gasteiger partial charge in [-0.2, -0.15) is 0 Å². The summed E-state index contributed by atoms with van der Waals surface area (Å²) in [6, 6.07) is 0. The Kier molecular flexibility index (Phi) is 21.0. The van der Waals surface area contributed by atoms with Crippen molar-refractivity contribution in [1.82, 2.24) is 0 Å². The van der Waals surface area contributed by atoms with E-state index in [2.05, 4.69) is 22.9 Å². The van der Waals surface area contributed by atoms with Gasteiger partial charge in [-0.05, 0) is 6.42 Å². The molecule has 0 aromatic heterocycles. The summed E-state index contributed by atoms with van der Waals surface area (Å²) in [5, 5.41) is 1.18. The van der Waals surface area contributed by atoms with Crippen LogP contribution in [0, 0.1) is 0 Å². The van der Waals surface area contributed by atoms with Crippen molar-refractivity contribution in [2.75, 3.05) is 5.33 Å². The van der Waals surface area contributed by atoms with Crippen LogP contribution in [-0.4, -0.2) is 28.4 Å². The summed E-state index contributed by atoms with van der Waals surface area (Å²) in [7, 11) is 0. The van der Waals surface area contributed by atoms with Crippen LogP contribution in [0.1, 0.15) is 71.1 Å². The Morgan fingerprint density at radius 2 is 1.00 bits per heavy atom. The quantitative estimate of drug-likeness (QED) is 0.315. The molecular weight excluding hydrogens is 248 g/mol. The fraction of sp³-hybridized carbons (Fsp3) is 1.00. The maximum absolute atomic E-state index is 3.46. The van der Waals surface area contributed by atoms with Gasteiger partial charge in [0.2, 0.25) is 0 Å². The van der Waals surface area contributed by atoms with Gasteiger partial charge in [-0.3, -0.25) is 0 Å². The maximum atomic E-state index is 3.46. The van der Waals surface area contributed by atoms with Gasteiger partial charge in [0.25, 0.3) is 0 Å². The van der Waals surface area contributed by atoms with Crippen molar-refractivity contribution < 1.29 is 0 Å². The van der Waals surface area contributed by atoms with Gasteiger partial charge in [0.05, 0.1) is 0 Å². The van der Waals surface area contributed by atoms with E-state index in [0.29, 0.717) is 0 Å². The highest BCUT2D eigenvalue weighted by Crippen LogP contribution is 2.10. The van der Waals surface area contributed by atoms with Crippen molar-refractivity contribution in [3.05, 3.63) is 0 Å². The van der Waals surface area contributed by atoms with E-state index in [1.54, 1.807) is 0 Å². The Labute approximate surface area is 115 Å². The number of alkyl halides is 1. The molecule has 0 N–H and O–H groups in total. The number of halogens is 1. The molecule has 2 heteroatoms. The molecule has 0 aromatic rings. The monoisotopic (exact) mass is 274 g/mol. The SMILES string of the molecule is CCCCCCCCCCCCBr.[MgH2]. The zero-order valence-electron chi connectivity index (χ0n) is 9.16. The van der Waals surface area contributed by atoms with Crippen LogP contribution < -0.4 is 0 Å². The molecule has 84 valence electrons. The molecule has 0 saturated heterocycles. The molecule has 0 radical (unpaired) electrons. The van der Waals surface area contributed by atoms with E-state index in [1.165, 1.54) is 69.5 Å². The smallest absolute Gasteiger partial charge is 0.0928 e. The van der Waals surface area contributed by atoms with Crippen LogP contribution >= 0.6 is 15.9 Å². The van der Waals surface area contributed by atoms with Crippen molar-refractivity contribution in [3.8, 4) is 0 Å². The van der Waals surface area contributed by atoms with E-state index in [1.807, 2.05) is 0 Å². The fourth-order valence-electron chi connectivity index (χ4n) is 1.58. The molecule has 0 rings (SSSR count). The van der Waals surface area contributed by atoms with Gasteiger partial charge < -0.3 is 0 Å². The van der Waals surface area contributed by atoms with E-state index >= 15 is 0 Å². The molecule has 0 heterocycles. The minimum atomic E-state index is 0. The van der Waals surface area contributed by atoms with Crippen molar-refractivity contribution in [2.45, 2.75) is 71.1 Å². The third-order valence-corrected chi connectivity index (χ3v) is 3.05. The molecule has 0 spiro atoms. The summed E-state index contributed by atoms with van der Waals surface area (Å²) >= 11 is 3.46. The van der Waals surface area contributed by atoms with E-state index < -0.39 is 0 Å². The summed E-state index contributed by atoms with van der Waals surface area (Å²) < 4.78 is 0. The maximum Gasteiger partial charge on any atom is 0.316 e.